The van der Waals surface area contributed by atoms with Crippen LogP contribution < -0.4 is 5.32 Å². The maximum Gasteiger partial charge on any atom is 0.0781 e. The predicted octanol–water partition coefficient (Wildman–Crippen LogP) is 4.47. The number of benzene rings is 1. The fraction of sp³-hybridized carbons (Fsp3) is 0.538. The van der Waals surface area contributed by atoms with E-state index in [0.717, 1.165) is 18.4 Å². The summed E-state index contributed by atoms with van der Waals surface area (Å²) in [7, 11) is 1.75. The van der Waals surface area contributed by atoms with E-state index < -0.39 is 0 Å². The van der Waals surface area contributed by atoms with E-state index >= 15 is 0 Å². The molecule has 1 aromatic carbocycles. The van der Waals surface area contributed by atoms with E-state index in [2.05, 4.69) is 12.2 Å². The summed E-state index contributed by atoms with van der Waals surface area (Å²) >= 11 is 18.2. The first-order valence-electron chi connectivity index (χ1n) is 5.95. The molecule has 1 fully saturated rings. The zero-order chi connectivity index (χ0) is 13.3. The Hall–Kier alpha value is 0.01000. The molecule has 0 spiro atoms. The number of halogens is 3. The van der Waals surface area contributed by atoms with Crippen LogP contribution in [0.25, 0.3) is 0 Å². The molecule has 1 saturated carbocycles. The van der Waals surface area contributed by atoms with E-state index in [0.29, 0.717) is 27.2 Å². The lowest BCUT2D eigenvalue weighted by molar-refractivity contribution is 0.0147. The number of hydrogen-bond acceptors (Lipinski definition) is 2. The van der Waals surface area contributed by atoms with Crippen molar-refractivity contribution in [3.8, 4) is 0 Å². The summed E-state index contributed by atoms with van der Waals surface area (Å²) in [6.45, 7) is 2.07. The van der Waals surface area contributed by atoms with E-state index in [1.54, 1.807) is 13.2 Å². The van der Waals surface area contributed by atoms with Gasteiger partial charge in [0.1, 0.15) is 0 Å². The molecule has 0 saturated heterocycles. The summed E-state index contributed by atoms with van der Waals surface area (Å²) in [5.74, 6) is 0. The molecule has 0 radical (unpaired) electrons. The van der Waals surface area contributed by atoms with Crippen LogP contribution in [0, 0.1) is 0 Å². The summed E-state index contributed by atoms with van der Waals surface area (Å²) < 4.78 is 5.26. The van der Waals surface area contributed by atoms with Crippen LogP contribution in [0.1, 0.15) is 31.4 Å². The molecule has 1 aliphatic rings. The van der Waals surface area contributed by atoms with Gasteiger partial charge in [0.25, 0.3) is 0 Å². The van der Waals surface area contributed by atoms with Crippen molar-refractivity contribution in [3.05, 3.63) is 32.8 Å². The lowest BCUT2D eigenvalue weighted by Gasteiger charge is -2.37. The Bertz CT molecular complexity index is 432. The second-order valence-electron chi connectivity index (χ2n) is 4.68. The molecule has 18 heavy (non-hydrogen) atoms. The molecule has 1 aromatic rings. The molecule has 1 aliphatic carbocycles. The topological polar surface area (TPSA) is 21.3 Å². The van der Waals surface area contributed by atoms with Crippen LogP contribution in [-0.2, 0) is 4.74 Å². The highest BCUT2D eigenvalue weighted by Crippen LogP contribution is 2.36. The smallest absolute Gasteiger partial charge is 0.0781 e. The fourth-order valence-corrected chi connectivity index (χ4v) is 2.92. The summed E-state index contributed by atoms with van der Waals surface area (Å²) in [6, 6.07) is 4.33. The number of methoxy groups -OCH3 is 1. The SMILES string of the molecule is COC1CC(NC(C)c2ccc(Cl)c(Cl)c2Cl)C1. The highest BCUT2D eigenvalue weighted by molar-refractivity contribution is 6.48. The first-order valence-corrected chi connectivity index (χ1v) is 7.08. The van der Waals surface area contributed by atoms with E-state index in [-0.39, 0.29) is 6.04 Å². The summed E-state index contributed by atoms with van der Waals surface area (Å²) in [5, 5.41) is 4.96. The molecular formula is C13H16Cl3NO. The average molecular weight is 309 g/mol. The Kier molecular flexibility index (Phi) is 4.79. The molecule has 5 heteroatoms. The molecule has 2 nitrogen and oxygen atoms in total. The van der Waals surface area contributed by atoms with E-state index in [9.17, 15) is 0 Å². The molecule has 0 aliphatic heterocycles. The summed E-state index contributed by atoms with van der Waals surface area (Å²) in [5.41, 5.74) is 0.979. The average Bonchev–Trinajstić information content (AvgIpc) is 2.30. The lowest BCUT2D eigenvalue weighted by Crippen LogP contribution is -2.45. The maximum atomic E-state index is 6.21. The minimum atomic E-state index is 0.148. The first-order chi connectivity index (χ1) is 8.52. The first kappa shape index (κ1) is 14.4. The zero-order valence-corrected chi connectivity index (χ0v) is 12.6. The maximum absolute atomic E-state index is 6.21. The largest absolute Gasteiger partial charge is 0.381 e. The number of rotatable bonds is 4. The molecule has 2 rings (SSSR count). The normalized spacial score (nSPS) is 24.7. The predicted molar refractivity (Wildman–Crippen MR) is 76.8 cm³/mol. The highest BCUT2D eigenvalue weighted by Gasteiger charge is 2.30. The second-order valence-corrected chi connectivity index (χ2v) is 5.84. The van der Waals surface area contributed by atoms with Gasteiger partial charge >= 0.3 is 0 Å². The van der Waals surface area contributed by atoms with Crippen molar-refractivity contribution >= 4 is 34.8 Å². The lowest BCUT2D eigenvalue weighted by atomic mass is 9.88. The molecule has 0 aromatic heterocycles. The van der Waals surface area contributed by atoms with Crippen molar-refractivity contribution in [1.82, 2.24) is 5.32 Å². The molecule has 1 atom stereocenters. The molecule has 100 valence electrons. The minimum absolute atomic E-state index is 0.148. The van der Waals surface area contributed by atoms with Gasteiger partial charge in [-0.1, -0.05) is 40.9 Å². The Morgan fingerprint density at radius 3 is 2.50 bits per heavy atom. The summed E-state index contributed by atoms with van der Waals surface area (Å²) in [4.78, 5) is 0. The van der Waals surface area contributed by atoms with Gasteiger partial charge < -0.3 is 10.1 Å². The van der Waals surface area contributed by atoms with Crippen molar-refractivity contribution in [1.29, 1.82) is 0 Å². The third-order valence-electron chi connectivity index (χ3n) is 3.45. The van der Waals surface area contributed by atoms with Crippen LogP contribution in [0.15, 0.2) is 12.1 Å². The molecular weight excluding hydrogens is 293 g/mol. The Morgan fingerprint density at radius 2 is 1.89 bits per heavy atom. The Balaban J connectivity index is 2.01. The number of ether oxygens (including phenoxy) is 1. The van der Waals surface area contributed by atoms with Crippen LogP contribution in [0.5, 0.6) is 0 Å². The van der Waals surface area contributed by atoms with Crippen LogP contribution >= 0.6 is 34.8 Å². The highest BCUT2D eigenvalue weighted by atomic mass is 35.5. The van der Waals surface area contributed by atoms with Crippen molar-refractivity contribution in [2.75, 3.05) is 7.11 Å². The van der Waals surface area contributed by atoms with Crippen LogP contribution in [-0.4, -0.2) is 19.3 Å². The number of hydrogen-bond donors (Lipinski definition) is 1. The third kappa shape index (κ3) is 2.94. The number of nitrogens with one attached hydrogen (secondary N) is 1. The molecule has 0 amide bonds. The van der Waals surface area contributed by atoms with Gasteiger partial charge in [-0.2, -0.15) is 0 Å². The monoisotopic (exact) mass is 307 g/mol. The van der Waals surface area contributed by atoms with Gasteiger partial charge in [-0.3, -0.25) is 0 Å². The van der Waals surface area contributed by atoms with Gasteiger partial charge in [-0.15, -0.1) is 0 Å². The Morgan fingerprint density at radius 1 is 1.22 bits per heavy atom. The van der Waals surface area contributed by atoms with Gasteiger partial charge in [0.15, 0.2) is 0 Å². The van der Waals surface area contributed by atoms with Gasteiger partial charge in [-0.25, -0.2) is 0 Å². The second kappa shape index (κ2) is 5.98. The standard InChI is InChI=1S/C13H16Cl3NO/c1-7(17-8-5-9(6-8)18-2)10-3-4-11(14)13(16)12(10)15/h3-4,7-9,17H,5-6H2,1-2H3. The molecule has 1 unspecified atom stereocenters. The van der Waals surface area contributed by atoms with E-state index in [4.69, 9.17) is 39.5 Å². The minimum Gasteiger partial charge on any atom is -0.381 e. The van der Waals surface area contributed by atoms with Crippen LogP contribution in [0.2, 0.25) is 15.1 Å². The van der Waals surface area contributed by atoms with Crippen molar-refractivity contribution in [2.24, 2.45) is 0 Å². The fourth-order valence-electron chi connectivity index (χ4n) is 2.21. The zero-order valence-electron chi connectivity index (χ0n) is 10.3. The molecule has 0 heterocycles. The molecule has 0 bridgehead atoms. The Labute approximate surface area is 123 Å². The van der Waals surface area contributed by atoms with Gasteiger partial charge in [0.2, 0.25) is 0 Å². The van der Waals surface area contributed by atoms with Crippen LogP contribution in [0.3, 0.4) is 0 Å². The quantitative estimate of drug-likeness (QED) is 0.828. The van der Waals surface area contributed by atoms with Gasteiger partial charge in [0.05, 0.1) is 21.2 Å². The van der Waals surface area contributed by atoms with Gasteiger partial charge in [0, 0.05) is 19.2 Å². The van der Waals surface area contributed by atoms with Crippen molar-refractivity contribution in [2.45, 2.75) is 38.0 Å². The van der Waals surface area contributed by atoms with Crippen LogP contribution in [0.4, 0.5) is 0 Å². The summed E-state index contributed by atoms with van der Waals surface area (Å²) in [6.07, 6.45) is 2.47. The van der Waals surface area contributed by atoms with Crippen molar-refractivity contribution < 1.29 is 4.74 Å². The van der Waals surface area contributed by atoms with Gasteiger partial charge in [-0.05, 0) is 31.4 Å². The van der Waals surface area contributed by atoms with E-state index in [1.807, 2.05) is 6.07 Å². The van der Waals surface area contributed by atoms with E-state index in [1.165, 1.54) is 0 Å². The molecule has 1 N–H and O–H groups in total. The van der Waals surface area contributed by atoms with Crippen molar-refractivity contribution in [3.63, 3.8) is 0 Å². The third-order valence-corrected chi connectivity index (χ3v) is 4.75.